The minimum absolute atomic E-state index is 0.0401. The van der Waals surface area contributed by atoms with Crippen LogP contribution < -0.4 is 5.32 Å². The van der Waals surface area contributed by atoms with Crippen molar-refractivity contribution in [2.24, 2.45) is 0 Å². The molecule has 1 N–H and O–H groups in total. The van der Waals surface area contributed by atoms with Crippen LogP contribution in [0.3, 0.4) is 0 Å². The summed E-state index contributed by atoms with van der Waals surface area (Å²) in [6, 6.07) is 5.04. The van der Waals surface area contributed by atoms with Gasteiger partial charge < -0.3 is 5.32 Å². The Morgan fingerprint density at radius 2 is 2.17 bits per heavy atom. The number of nitrogens with zero attached hydrogens (tertiary/aromatic N) is 1. The molecule has 1 aromatic carbocycles. The largest absolute Gasteiger partial charge is 0.314 e. The van der Waals surface area contributed by atoms with Crippen molar-refractivity contribution in [1.82, 2.24) is 5.32 Å². The van der Waals surface area contributed by atoms with Gasteiger partial charge in [-0.3, -0.25) is 10.1 Å². The van der Waals surface area contributed by atoms with Crippen LogP contribution in [0, 0.1) is 10.1 Å². The van der Waals surface area contributed by atoms with Crippen molar-refractivity contribution in [3.05, 3.63) is 38.9 Å². The predicted molar refractivity (Wildman–Crippen MR) is 74.2 cm³/mol. The van der Waals surface area contributed by atoms with E-state index in [0.717, 1.165) is 31.4 Å². The highest BCUT2D eigenvalue weighted by atomic mass is 35.5. The summed E-state index contributed by atoms with van der Waals surface area (Å²) in [5.41, 5.74) is 0.996. The van der Waals surface area contributed by atoms with Crippen molar-refractivity contribution in [1.29, 1.82) is 0 Å². The van der Waals surface area contributed by atoms with Gasteiger partial charge in [-0.1, -0.05) is 31.5 Å². The maximum atomic E-state index is 10.6. The van der Waals surface area contributed by atoms with E-state index in [0.29, 0.717) is 11.1 Å². The fourth-order valence-electron chi connectivity index (χ4n) is 1.79. The molecule has 0 aliphatic rings. The number of nitrogens with one attached hydrogen (secondary N) is 1. The lowest BCUT2D eigenvalue weighted by Gasteiger charge is -2.17. The molecule has 0 radical (unpaired) electrons. The molecule has 0 saturated carbocycles. The van der Waals surface area contributed by atoms with Gasteiger partial charge in [0.2, 0.25) is 0 Å². The number of nitro groups is 1. The lowest BCUT2D eigenvalue weighted by molar-refractivity contribution is -0.384. The van der Waals surface area contributed by atoms with Crippen molar-refractivity contribution in [3.8, 4) is 0 Å². The molecule has 0 aliphatic carbocycles. The van der Waals surface area contributed by atoms with Crippen molar-refractivity contribution in [3.63, 3.8) is 0 Å². The van der Waals surface area contributed by atoms with Crippen molar-refractivity contribution < 1.29 is 4.92 Å². The molecule has 0 amide bonds. The monoisotopic (exact) mass is 270 g/mol. The van der Waals surface area contributed by atoms with Crippen LogP contribution in [0.4, 0.5) is 5.69 Å². The third-order valence-electron chi connectivity index (χ3n) is 2.89. The second-order valence-electron chi connectivity index (χ2n) is 4.30. The van der Waals surface area contributed by atoms with Gasteiger partial charge >= 0.3 is 0 Å². The van der Waals surface area contributed by atoms with E-state index in [1.54, 1.807) is 6.07 Å². The minimum Gasteiger partial charge on any atom is -0.314 e. The molecule has 1 unspecified atom stereocenters. The Labute approximate surface area is 112 Å². The van der Waals surface area contributed by atoms with Crippen LogP contribution in [-0.2, 0) is 6.42 Å². The molecule has 0 aromatic heterocycles. The predicted octanol–water partition coefficient (Wildman–Crippen LogP) is 3.57. The Kier molecular flexibility index (Phi) is 6.09. The van der Waals surface area contributed by atoms with Gasteiger partial charge in [-0.15, -0.1) is 0 Å². The molecule has 1 aromatic rings. The lowest BCUT2D eigenvalue weighted by Crippen LogP contribution is -2.31. The maximum Gasteiger partial charge on any atom is 0.270 e. The van der Waals surface area contributed by atoms with E-state index in [2.05, 4.69) is 19.2 Å². The first-order valence-corrected chi connectivity index (χ1v) is 6.62. The zero-order chi connectivity index (χ0) is 13.5. The molecule has 0 bridgehead atoms. The highest BCUT2D eigenvalue weighted by Gasteiger charge is 2.12. The van der Waals surface area contributed by atoms with E-state index in [1.807, 2.05) is 0 Å². The Bertz CT molecular complexity index is 410. The van der Waals surface area contributed by atoms with Gasteiger partial charge in [0.15, 0.2) is 0 Å². The SMILES string of the molecule is CCCNC(CC)Cc1ccc([N+](=O)[O-])cc1Cl. The van der Waals surface area contributed by atoms with E-state index in [1.165, 1.54) is 12.1 Å². The van der Waals surface area contributed by atoms with Crippen LogP contribution in [0.5, 0.6) is 0 Å². The van der Waals surface area contributed by atoms with Crippen molar-refractivity contribution in [2.45, 2.75) is 39.2 Å². The van der Waals surface area contributed by atoms with Crippen molar-refractivity contribution in [2.75, 3.05) is 6.54 Å². The molecule has 1 rings (SSSR count). The first-order valence-electron chi connectivity index (χ1n) is 6.24. The summed E-state index contributed by atoms with van der Waals surface area (Å²) in [7, 11) is 0. The van der Waals surface area contributed by atoms with Gasteiger partial charge in [0.25, 0.3) is 5.69 Å². The Morgan fingerprint density at radius 1 is 1.44 bits per heavy atom. The van der Waals surface area contributed by atoms with Crippen LogP contribution in [0.1, 0.15) is 32.3 Å². The first-order chi connectivity index (χ1) is 8.58. The summed E-state index contributed by atoms with van der Waals surface area (Å²) in [5.74, 6) is 0. The lowest BCUT2D eigenvalue weighted by atomic mass is 10.0. The minimum atomic E-state index is -0.428. The summed E-state index contributed by atoms with van der Waals surface area (Å²) in [6.07, 6.45) is 2.89. The van der Waals surface area contributed by atoms with Crippen LogP contribution >= 0.6 is 11.6 Å². The Hall–Kier alpha value is -1.13. The molecule has 0 aliphatic heterocycles. The second kappa shape index (κ2) is 7.34. The Morgan fingerprint density at radius 3 is 2.67 bits per heavy atom. The third kappa shape index (κ3) is 4.27. The molecule has 1 atom stereocenters. The molecule has 0 spiro atoms. The number of non-ortho nitro benzene ring substituents is 1. The number of nitro benzene ring substituents is 1. The molecule has 4 nitrogen and oxygen atoms in total. The van der Waals surface area contributed by atoms with Gasteiger partial charge in [-0.2, -0.15) is 0 Å². The molecular formula is C13H19ClN2O2. The highest BCUT2D eigenvalue weighted by Crippen LogP contribution is 2.23. The highest BCUT2D eigenvalue weighted by molar-refractivity contribution is 6.31. The van der Waals surface area contributed by atoms with E-state index >= 15 is 0 Å². The molecule has 100 valence electrons. The standard InChI is InChI=1S/C13H19ClN2O2/c1-3-7-15-11(4-2)8-10-5-6-12(16(17)18)9-13(10)14/h5-6,9,11,15H,3-4,7-8H2,1-2H3. The van der Waals surface area contributed by atoms with Gasteiger partial charge in [0.1, 0.15) is 0 Å². The van der Waals surface area contributed by atoms with E-state index in [4.69, 9.17) is 11.6 Å². The summed E-state index contributed by atoms with van der Waals surface area (Å²) in [6.45, 7) is 5.22. The van der Waals surface area contributed by atoms with Crippen LogP contribution in [-0.4, -0.2) is 17.5 Å². The van der Waals surface area contributed by atoms with Gasteiger partial charge in [-0.05, 0) is 31.4 Å². The van der Waals surface area contributed by atoms with Gasteiger partial charge in [0, 0.05) is 18.2 Å². The topological polar surface area (TPSA) is 55.2 Å². The summed E-state index contributed by atoms with van der Waals surface area (Å²) >= 11 is 6.08. The maximum absolute atomic E-state index is 10.6. The zero-order valence-corrected chi connectivity index (χ0v) is 11.5. The number of benzene rings is 1. The molecule has 5 heteroatoms. The van der Waals surface area contributed by atoms with Crippen molar-refractivity contribution >= 4 is 17.3 Å². The molecule has 0 saturated heterocycles. The van der Waals surface area contributed by atoms with E-state index in [-0.39, 0.29) is 5.69 Å². The zero-order valence-electron chi connectivity index (χ0n) is 10.8. The Balaban J connectivity index is 2.74. The third-order valence-corrected chi connectivity index (χ3v) is 3.24. The van der Waals surface area contributed by atoms with Crippen LogP contribution in [0.2, 0.25) is 5.02 Å². The van der Waals surface area contributed by atoms with E-state index in [9.17, 15) is 10.1 Å². The number of rotatable bonds is 7. The number of hydrogen-bond donors (Lipinski definition) is 1. The average Bonchev–Trinajstić information content (AvgIpc) is 2.35. The molecular weight excluding hydrogens is 252 g/mol. The fourth-order valence-corrected chi connectivity index (χ4v) is 2.04. The van der Waals surface area contributed by atoms with E-state index < -0.39 is 4.92 Å². The molecule has 0 fully saturated rings. The van der Waals surface area contributed by atoms with Gasteiger partial charge in [0.05, 0.1) is 9.95 Å². The van der Waals surface area contributed by atoms with Crippen LogP contribution in [0.15, 0.2) is 18.2 Å². The second-order valence-corrected chi connectivity index (χ2v) is 4.70. The first kappa shape index (κ1) is 14.9. The summed E-state index contributed by atoms with van der Waals surface area (Å²) in [5, 5.41) is 14.5. The quantitative estimate of drug-likeness (QED) is 0.609. The van der Waals surface area contributed by atoms with Crippen LogP contribution in [0.25, 0.3) is 0 Å². The summed E-state index contributed by atoms with van der Waals surface area (Å²) < 4.78 is 0. The number of hydrogen-bond acceptors (Lipinski definition) is 3. The fraction of sp³-hybridized carbons (Fsp3) is 0.538. The smallest absolute Gasteiger partial charge is 0.270 e. The molecule has 0 heterocycles. The normalized spacial score (nSPS) is 12.4. The average molecular weight is 271 g/mol. The van der Waals surface area contributed by atoms with Gasteiger partial charge in [-0.25, -0.2) is 0 Å². The summed E-state index contributed by atoms with van der Waals surface area (Å²) in [4.78, 5) is 10.2. The number of halogens is 1. The molecule has 18 heavy (non-hydrogen) atoms.